The van der Waals surface area contributed by atoms with E-state index in [1.807, 2.05) is 34.6 Å². The van der Waals surface area contributed by atoms with Crippen molar-refractivity contribution in [1.82, 2.24) is 20.0 Å². The molecule has 2 amide bonds. The van der Waals surface area contributed by atoms with Crippen LogP contribution in [0.15, 0.2) is 4.99 Å². The Morgan fingerprint density at radius 1 is 1.18 bits per heavy atom. The second kappa shape index (κ2) is 11.1. The lowest BCUT2D eigenvalue weighted by Gasteiger charge is -2.36. The van der Waals surface area contributed by atoms with Crippen molar-refractivity contribution >= 4 is 18.0 Å². The molecule has 28 heavy (non-hydrogen) atoms. The van der Waals surface area contributed by atoms with Gasteiger partial charge in [-0.05, 0) is 53.4 Å². The van der Waals surface area contributed by atoms with Crippen LogP contribution in [0.3, 0.4) is 0 Å². The van der Waals surface area contributed by atoms with E-state index in [1.54, 1.807) is 23.9 Å². The minimum absolute atomic E-state index is 0.0127. The monoisotopic (exact) mass is 397 g/mol. The highest BCUT2D eigenvalue weighted by atomic mass is 16.6. The zero-order valence-corrected chi connectivity index (χ0v) is 18.7. The quantitative estimate of drug-likeness (QED) is 0.548. The van der Waals surface area contributed by atoms with Crippen LogP contribution < -0.4 is 5.32 Å². The summed E-state index contributed by atoms with van der Waals surface area (Å²) in [5, 5.41) is 3.28. The third kappa shape index (κ3) is 8.35. The van der Waals surface area contributed by atoms with Crippen molar-refractivity contribution in [3.05, 3.63) is 0 Å². The number of guanidine groups is 1. The summed E-state index contributed by atoms with van der Waals surface area (Å²) in [6, 6.07) is 0. The van der Waals surface area contributed by atoms with E-state index >= 15 is 0 Å². The topological polar surface area (TPSA) is 77.5 Å². The number of likely N-dealkylation sites (tertiary alicyclic amines) is 1. The maximum atomic E-state index is 12.4. The van der Waals surface area contributed by atoms with Crippen LogP contribution in [0.2, 0.25) is 0 Å². The van der Waals surface area contributed by atoms with Gasteiger partial charge in [-0.25, -0.2) is 9.79 Å². The number of piperidine rings is 1. The van der Waals surface area contributed by atoms with Gasteiger partial charge in [-0.15, -0.1) is 0 Å². The van der Waals surface area contributed by atoms with Crippen LogP contribution in [0.1, 0.15) is 47.5 Å². The summed E-state index contributed by atoms with van der Waals surface area (Å²) in [5.41, 5.74) is -0.477. The maximum Gasteiger partial charge on any atom is 0.410 e. The maximum absolute atomic E-state index is 12.4. The number of nitrogens with zero attached hydrogens (tertiary/aromatic N) is 4. The number of carbonyl (C=O) groups is 2. The van der Waals surface area contributed by atoms with E-state index in [2.05, 4.69) is 15.2 Å². The predicted octanol–water partition coefficient (Wildman–Crippen LogP) is 2.01. The van der Waals surface area contributed by atoms with Gasteiger partial charge in [-0.2, -0.15) is 0 Å². The van der Waals surface area contributed by atoms with E-state index in [-0.39, 0.29) is 18.5 Å². The van der Waals surface area contributed by atoms with E-state index in [9.17, 15) is 9.59 Å². The molecule has 8 heteroatoms. The summed E-state index contributed by atoms with van der Waals surface area (Å²) in [7, 11) is 3.47. The van der Waals surface area contributed by atoms with Crippen molar-refractivity contribution in [2.24, 2.45) is 10.9 Å². The van der Waals surface area contributed by atoms with Crippen LogP contribution in [-0.4, -0.2) is 91.6 Å². The molecule has 1 heterocycles. The van der Waals surface area contributed by atoms with Crippen LogP contribution in [0.25, 0.3) is 0 Å². The lowest BCUT2D eigenvalue weighted by atomic mass is 9.96. The number of aliphatic imine (C=N–C) groups is 1. The number of hydrogen-bond donors (Lipinski definition) is 1. The fraction of sp³-hybridized carbons (Fsp3) is 0.850. The molecule has 0 bridgehead atoms. The van der Waals surface area contributed by atoms with E-state index in [0.29, 0.717) is 19.0 Å². The van der Waals surface area contributed by atoms with Gasteiger partial charge in [-0.1, -0.05) is 0 Å². The normalized spacial score (nSPS) is 16.0. The molecule has 0 aromatic heterocycles. The molecule has 0 aliphatic carbocycles. The summed E-state index contributed by atoms with van der Waals surface area (Å²) in [6.07, 6.45) is 1.71. The van der Waals surface area contributed by atoms with Crippen molar-refractivity contribution in [3.8, 4) is 0 Å². The van der Waals surface area contributed by atoms with Crippen LogP contribution in [0.4, 0.5) is 4.79 Å². The van der Waals surface area contributed by atoms with Gasteiger partial charge in [0.25, 0.3) is 0 Å². The van der Waals surface area contributed by atoms with Gasteiger partial charge in [0, 0.05) is 46.8 Å². The van der Waals surface area contributed by atoms with E-state index in [1.165, 1.54) is 0 Å². The molecule has 1 aliphatic heterocycles. The molecule has 0 aromatic carbocycles. The van der Waals surface area contributed by atoms with Gasteiger partial charge in [0.1, 0.15) is 12.1 Å². The molecule has 0 atom stereocenters. The lowest BCUT2D eigenvalue weighted by Crippen LogP contribution is -2.48. The standard InChI is InChI=1S/C20H39N5O3/c1-8-21-18(22-14-17(26)23(6)7)25-12-10-16(11-13-25)15-24(9-2)19(27)28-20(3,4)5/h16H,8-15H2,1-7H3,(H,21,22). The Morgan fingerprint density at radius 2 is 1.79 bits per heavy atom. The zero-order chi connectivity index (χ0) is 21.3. The number of likely N-dealkylation sites (N-methyl/N-ethyl adjacent to an activating group) is 1. The Kier molecular flexibility index (Phi) is 9.55. The Morgan fingerprint density at radius 3 is 2.25 bits per heavy atom. The van der Waals surface area contributed by atoms with Gasteiger partial charge < -0.3 is 24.8 Å². The molecule has 0 spiro atoms. The molecule has 8 nitrogen and oxygen atoms in total. The molecule has 0 radical (unpaired) electrons. The Balaban J connectivity index is 2.60. The number of rotatable bonds is 6. The second-order valence-electron chi connectivity index (χ2n) is 8.41. The first-order valence-corrected chi connectivity index (χ1v) is 10.3. The summed E-state index contributed by atoms with van der Waals surface area (Å²) in [5.74, 6) is 1.21. The fourth-order valence-corrected chi connectivity index (χ4v) is 3.01. The zero-order valence-electron chi connectivity index (χ0n) is 18.7. The SMILES string of the molecule is CCNC(=NCC(=O)N(C)C)N1CCC(CN(CC)C(=O)OC(C)(C)C)CC1. The van der Waals surface area contributed by atoms with E-state index < -0.39 is 5.60 Å². The highest BCUT2D eigenvalue weighted by Gasteiger charge is 2.27. The number of amides is 2. The molecule has 1 saturated heterocycles. The largest absolute Gasteiger partial charge is 0.444 e. The van der Waals surface area contributed by atoms with Crippen LogP contribution >= 0.6 is 0 Å². The minimum atomic E-state index is -0.477. The first-order chi connectivity index (χ1) is 13.1. The van der Waals surface area contributed by atoms with Crippen LogP contribution in [-0.2, 0) is 9.53 Å². The van der Waals surface area contributed by atoms with Crippen LogP contribution in [0, 0.1) is 5.92 Å². The van der Waals surface area contributed by atoms with Gasteiger partial charge in [0.15, 0.2) is 5.96 Å². The van der Waals surface area contributed by atoms with Gasteiger partial charge >= 0.3 is 6.09 Å². The number of hydrogen-bond acceptors (Lipinski definition) is 4. The van der Waals surface area contributed by atoms with Gasteiger partial charge in [0.05, 0.1) is 0 Å². The average Bonchev–Trinajstić information content (AvgIpc) is 2.61. The van der Waals surface area contributed by atoms with Gasteiger partial charge in [0.2, 0.25) is 5.91 Å². The summed E-state index contributed by atoms with van der Waals surface area (Å²) < 4.78 is 5.51. The molecular formula is C20H39N5O3. The molecule has 0 saturated carbocycles. The molecule has 1 N–H and O–H groups in total. The van der Waals surface area contributed by atoms with Crippen molar-refractivity contribution < 1.29 is 14.3 Å². The molecule has 0 unspecified atom stereocenters. The Hall–Kier alpha value is -1.99. The molecule has 1 fully saturated rings. The van der Waals surface area contributed by atoms with E-state index in [4.69, 9.17) is 4.74 Å². The minimum Gasteiger partial charge on any atom is -0.444 e. The first-order valence-electron chi connectivity index (χ1n) is 10.3. The highest BCUT2D eigenvalue weighted by Crippen LogP contribution is 2.20. The van der Waals surface area contributed by atoms with Gasteiger partial charge in [-0.3, -0.25) is 4.79 Å². The molecule has 1 rings (SSSR count). The number of ether oxygens (including phenoxy) is 1. The number of nitrogens with one attached hydrogen (secondary N) is 1. The van der Waals surface area contributed by atoms with Crippen LogP contribution in [0.5, 0.6) is 0 Å². The smallest absolute Gasteiger partial charge is 0.410 e. The lowest BCUT2D eigenvalue weighted by molar-refractivity contribution is -0.127. The highest BCUT2D eigenvalue weighted by molar-refractivity contribution is 5.84. The van der Waals surface area contributed by atoms with Crippen molar-refractivity contribution in [1.29, 1.82) is 0 Å². The van der Waals surface area contributed by atoms with E-state index in [0.717, 1.165) is 38.4 Å². The second-order valence-corrected chi connectivity index (χ2v) is 8.41. The molecule has 1 aliphatic rings. The third-order valence-electron chi connectivity index (χ3n) is 4.62. The summed E-state index contributed by atoms with van der Waals surface area (Å²) >= 11 is 0. The molecule has 162 valence electrons. The Labute approximate surface area is 170 Å². The summed E-state index contributed by atoms with van der Waals surface area (Å²) in [4.78, 5) is 34.2. The van der Waals surface area contributed by atoms with Crippen molar-refractivity contribution in [3.63, 3.8) is 0 Å². The van der Waals surface area contributed by atoms with Crippen molar-refractivity contribution in [2.75, 3.05) is 53.4 Å². The fourth-order valence-electron chi connectivity index (χ4n) is 3.01. The number of carbonyl (C=O) groups excluding carboxylic acids is 2. The first kappa shape index (κ1) is 24.0. The van der Waals surface area contributed by atoms with Crippen molar-refractivity contribution in [2.45, 2.75) is 53.1 Å². The average molecular weight is 398 g/mol. The summed E-state index contributed by atoms with van der Waals surface area (Å²) in [6.45, 7) is 13.7. The predicted molar refractivity (Wildman–Crippen MR) is 112 cm³/mol. The molecular weight excluding hydrogens is 358 g/mol. The third-order valence-corrected chi connectivity index (χ3v) is 4.62. The molecule has 0 aromatic rings. The Bertz CT molecular complexity index is 534.